The summed E-state index contributed by atoms with van der Waals surface area (Å²) in [5, 5.41) is 0.599. The normalized spacial score (nSPS) is 18.0. The van der Waals surface area contributed by atoms with E-state index >= 15 is 0 Å². The lowest BCUT2D eigenvalue weighted by Crippen LogP contribution is -2.40. The summed E-state index contributed by atoms with van der Waals surface area (Å²) in [5.41, 5.74) is 1.87. The second-order valence-corrected chi connectivity index (χ2v) is 11.0. The Kier molecular flexibility index (Phi) is 6.83. The molecule has 7 nitrogen and oxygen atoms in total. The highest BCUT2D eigenvalue weighted by Gasteiger charge is 2.39. The largest absolute Gasteiger partial charge is 0.383 e. The van der Waals surface area contributed by atoms with E-state index in [1.54, 1.807) is 37.4 Å². The number of rotatable bonds is 6. The van der Waals surface area contributed by atoms with Gasteiger partial charge in [-0.25, -0.2) is 8.42 Å². The second-order valence-electron chi connectivity index (χ2n) is 7.68. The number of carbonyl (C=O) groups excluding carboxylic acids is 1. The van der Waals surface area contributed by atoms with Gasteiger partial charge in [-0.2, -0.15) is 9.30 Å². The topological polar surface area (TPSA) is 81.0 Å². The van der Waals surface area contributed by atoms with E-state index in [2.05, 4.69) is 4.99 Å². The molecular weight excluding hydrogens is 470 g/mol. The molecule has 1 unspecified atom stereocenters. The fourth-order valence-corrected chi connectivity index (χ4v) is 6.81. The van der Waals surface area contributed by atoms with Crippen molar-refractivity contribution in [2.75, 3.05) is 20.3 Å². The molecule has 1 amide bonds. The van der Waals surface area contributed by atoms with Crippen LogP contribution in [0.1, 0.15) is 18.4 Å². The zero-order chi connectivity index (χ0) is 22.9. The monoisotopic (exact) mass is 493 g/mol. The van der Waals surface area contributed by atoms with Crippen LogP contribution < -0.4 is 4.80 Å². The Balaban J connectivity index is 1.71. The number of benzene rings is 2. The first-order valence-electron chi connectivity index (χ1n) is 10.3. The third-order valence-corrected chi connectivity index (χ3v) is 8.68. The van der Waals surface area contributed by atoms with Crippen molar-refractivity contribution in [3.63, 3.8) is 0 Å². The predicted octanol–water partition coefficient (Wildman–Crippen LogP) is 3.59. The molecule has 0 radical (unpaired) electrons. The van der Waals surface area contributed by atoms with Gasteiger partial charge in [0.2, 0.25) is 10.0 Å². The summed E-state index contributed by atoms with van der Waals surface area (Å²) in [6, 6.07) is 11.4. The molecule has 2 aromatic carbocycles. The molecule has 1 aliphatic rings. The first-order chi connectivity index (χ1) is 15.3. The van der Waals surface area contributed by atoms with Crippen LogP contribution in [0.3, 0.4) is 0 Å². The summed E-state index contributed by atoms with van der Waals surface area (Å²) >= 11 is 7.48. The van der Waals surface area contributed by atoms with Crippen molar-refractivity contribution in [2.24, 2.45) is 4.99 Å². The number of amides is 1. The SMILES string of the molecule is COCCn1c(=NC(=O)C2CCCN2S(=O)(=O)c2ccc(C)cc2)sc2cc(Cl)ccc21. The van der Waals surface area contributed by atoms with Crippen LogP contribution >= 0.6 is 22.9 Å². The molecule has 0 spiro atoms. The van der Waals surface area contributed by atoms with Gasteiger partial charge in [0.15, 0.2) is 4.80 Å². The Hall–Kier alpha value is -2.04. The number of fused-ring (bicyclic) bond motifs is 1. The molecule has 1 aromatic heterocycles. The van der Waals surface area contributed by atoms with Gasteiger partial charge in [0.25, 0.3) is 5.91 Å². The summed E-state index contributed by atoms with van der Waals surface area (Å²) in [7, 11) is -2.17. The maximum atomic E-state index is 13.2. The molecule has 10 heteroatoms. The molecule has 0 aliphatic carbocycles. The lowest BCUT2D eigenvalue weighted by molar-refractivity contribution is -0.121. The number of ether oxygens (including phenoxy) is 1. The van der Waals surface area contributed by atoms with Crippen molar-refractivity contribution >= 4 is 49.1 Å². The maximum Gasteiger partial charge on any atom is 0.266 e. The molecule has 0 bridgehead atoms. The molecule has 1 fully saturated rings. The molecule has 1 atom stereocenters. The average molecular weight is 494 g/mol. The molecule has 1 aliphatic heterocycles. The van der Waals surface area contributed by atoms with Crippen LogP contribution in [0.2, 0.25) is 5.02 Å². The summed E-state index contributed by atoms with van der Waals surface area (Å²) in [4.78, 5) is 18.3. The van der Waals surface area contributed by atoms with Crippen molar-refractivity contribution in [1.29, 1.82) is 0 Å². The predicted molar refractivity (Wildman–Crippen MR) is 125 cm³/mol. The van der Waals surface area contributed by atoms with Crippen LogP contribution in [-0.4, -0.2) is 49.5 Å². The summed E-state index contributed by atoms with van der Waals surface area (Å²) in [5.74, 6) is -0.456. The van der Waals surface area contributed by atoms with Crippen molar-refractivity contribution in [3.05, 3.63) is 57.9 Å². The second kappa shape index (κ2) is 9.44. The van der Waals surface area contributed by atoms with Gasteiger partial charge in [0.05, 0.1) is 21.7 Å². The standard InChI is InChI=1S/C22H24ClN3O4S2/c1-15-5-8-17(9-6-15)32(28,29)26-11-3-4-19(26)21(27)24-22-25(12-13-30-2)18-10-7-16(23)14-20(18)31-22/h5-10,14,19H,3-4,11-13H2,1-2H3. The summed E-state index contributed by atoms with van der Waals surface area (Å²) < 4.78 is 35.7. The highest BCUT2D eigenvalue weighted by Crippen LogP contribution is 2.27. The van der Waals surface area contributed by atoms with Gasteiger partial charge in [-0.05, 0) is 50.1 Å². The minimum Gasteiger partial charge on any atom is -0.383 e. The molecule has 1 saturated heterocycles. The van der Waals surface area contributed by atoms with Gasteiger partial charge in [0.1, 0.15) is 6.04 Å². The minimum absolute atomic E-state index is 0.189. The number of halogens is 1. The number of thiazole rings is 1. The van der Waals surface area contributed by atoms with Gasteiger partial charge >= 0.3 is 0 Å². The summed E-state index contributed by atoms with van der Waals surface area (Å²) in [6.45, 7) is 3.16. The Morgan fingerprint density at radius 2 is 2.00 bits per heavy atom. The molecule has 2 heterocycles. The number of nitrogens with zero attached hydrogens (tertiary/aromatic N) is 3. The van der Waals surface area contributed by atoms with E-state index in [0.717, 1.165) is 15.8 Å². The maximum absolute atomic E-state index is 13.2. The van der Waals surface area contributed by atoms with Gasteiger partial charge < -0.3 is 9.30 Å². The van der Waals surface area contributed by atoms with E-state index in [1.807, 2.05) is 23.6 Å². The zero-order valence-electron chi connectivity index (χ0n) is 17.8. The fraction of sp³-hybridized carbons (Fsp3) is 0.364. The van der Waals surface area contributed by atoms with E-state index in [0.29, 0.717) is 42.4 Å². The van der Waals surface area contributed by atoms with Crippen molar-refractivity contribution < 1.29 is 17.9 Å². The van der Waals surface area contributed by atoms with Gasteiger partial charge in [-0.1, -0.05) is 40.6 Å². The number of aryl methyl sites for hydroxylation is 1. The van der Waals surface area contributed by atoms with E-state index in [1.165, 1.54) is 15.6 Å². The van der Waals surface area contributed by atoms with Crippen molar-refractivity contribution in [2.45, 2.75) is 37.2 Å². The van der Waals surface area contributed by atoms with E-state index in [9.17, 15) is 13.2 Å². The Morgan fingerprint density at radius 3 is 2.72 bits per heavy atom. The van der Waals surface area contributed by atoms with E-state index in [-0.39, 0.29) is 4.90 Å². The first kappa shape index (κ1) is 23.1. The van der Waals surface area contributed by atoms with Gasteiger partial charge in [-0.3, -0.25) is 4.79 Å². The number of carbonyl (C=O) groups is 1. The Morgan fingerprint density at radius 1 is 1.25 bits per heavy atom. The molecule has 0 saturated carbocycles. The fourth-order valence-electron chi connectivity index (χ4n) is 3.82. The van der Waals surface area contributed by atoms with Crippen LogP contribution in [-0.2, 0) is 26.1 Å². The number of hydrogen-bond acceptors (Lipinski definition) is 5. The summed E-state index contributed by atoms with van der Waals surface area (Å²) in [6.07, 6.45) is 1.06. The lowest BCUT2D eigenvalue weighted by Gasteiger charge is -2.21. The van der Waals surface area contributed by atoms with Crippen LogP contribution in [0.4, 0.5) is 0 Å². The quantitative estimate of drug-likeness (QED) is 0.525. The molecule has 32 heavy (non-hydrogen) atoms. The Labute approximate surface area is 196 Å². The smallest absolute Gasteiger partial charge is 0.266 e. The third kappa shape index (κ3) is 4.53. The molecule has 4 rings (SSSR count). The number of hydrogen-bond donors (Lipinski definition) is 0. The highest BCUT2D eigenvalue weighted by molar-refractivity contribution is 7.89. The minimum atomic E-state index is -3.78. The Bertz CT molecular complexity index is 1310. The average Bonchev–Trinajstić information content (AvgIpc) is 3.37. The lowest BCUT2D eigenvalue weighted by atomic mass is 10.2. The number of aromatic nitrogens is 1. The van der Waals surface area contributed by atoms with Crippen LogP contribution in [0, 0.1) is 6.92 Å². The van der Waals surface area contributed by atoms with Crippen molar-refractivity contribution in [3.8, 4) is 0 Å². The molecule has 0 N–H and O–H groups in total. The van der Waals surface area contributed by atoms with E-state index in [4.69, 9.17) is 16.3 Å². The van der Waals surface area contributed by atoms with Crippen LogP contribution in [0.15, 0.2) is 52.4 Å². The highest BCUT2D eigenvalue weighted by atomic mass is 35.5. The third-order valence-electron chi connectivity index (χ3n) is 5.49. The number of methoxy groups -OCH3 is 1. The molecular formula is C22H24ClN3O4S2. The molecule has 170 valence electrons. The molecule has 3 aromatic rings. The van der Waals surface area contributed by atoms with Gasteiger partial charge in [0, 0.05) is 25.2 Å². The van der Waals surface area contributed by atoms with Gasteiger partial charge in [-0.15, -0.1) is 0 Å². The van der Waals surface area contributed by atoms with Crippen LogP contribution in [0.5, 0.6) is 0 Å². The first-order valence-corrected chi connectivity index (χ1v) is 12.9. The van der Waals surface area contributed by atoms with E-state index < -0.39 is 22.0 Å². The number of sulfonamides is 1. The zero-order valence-corrected chi connectivity index (χ0v) is 20.2. The van der Waals surface area contributed by atoms with Crippen molar-refractivity contribution in [1.82, 2.24) is 8.87 Å². The van der Waals surface area contributed by atoms with Crippen LogP contribution in [0.25, 0.3) is 10.2 Å².